The van der Waals surface area contributed by atoms with Gasteiger partial charge in [-0.15, -0.1) is 0 Å². The second kappa shape index (κ2) is 5.61. The van der Waals surface area contributed by atoms with Crippen molar-refractivity contribution in [1.29, 1.82) is 0 Å². The second-order valence-corrected chi connectivity index (χ2v) is 8.22. The van der Waals surface area contributed by atoms with Crippen molar-refractivity contribution in [3.63, 3.8) is 0 Å². The minimum atomic E-state index is -3.37. The van der Waals surface area contributed by atoms with E-state index in [0.717, 1.165) is 43.5 Å². The average Bonchev–Trinajstić information content (AvgIpc) is 2.49. The predicted molar refractivity (Wildman–Crippen MR) is 85.0 cm³/mol. The fourth-order valence-corrected chi connectivity index (χ4v) is 5.20. The molecule has 116 valence electrons. The van der Waals surface area contributed by atoms with Crippen LogP contribution in [-0.2, 0) is 16.4 Å². The van der Waals surface area contributed by atoms with Crippen molar-refractivity contribution >= 4 is 15.7 Å². The number of nitrogens with one attached hydrogen (secondary N) is 1. The van der Waals surface area contributed by atoms with Gasteiger partial charge >= 0.3 is 0 Å². The van der Waals surface area contributed by atoms with Crippen LogP contribution in [0, 0.1) is 5.92 Å². The molecule has 4 nitrogen and oxygen atoms in total. The molecule has 1 aromatic carbocycles. The maximum absolute atomic E-state index is 12.9. The lowest BCUT2D eigenvalue weighted by atomic mass is 9.94. The molecule has 0 amide bonds. The van der Waals surface area contributed by atoms with Gasteiger partial charge < -0.3 is 5.32 Å². The van der Waals surface area contributed by atoms with Crippen molar-refractivity contribution in [2.75, 3.05) is 18.4 Å². The van der Waals surface area contributed by atoms with E-state index in [1.807, 2.05) is 19.1 Å². The number of anilines is 1. The van der Waals surface area contributed by atoms with Gasteiger partial charge in [-0.05, 0) is 62.3 Å². The zero-order valence-electron chi connectivity index (χ0n) is 12.8. The SMILES string of the molecule is CC1CCCN(S(=O)(=O)c2ccc3c(c2)CCCN3)C1C. The lowest BCUT2D eigenvalue weighted by Gasteiger charge is -2.37. The summed E-state index contributed by atoms with van der Waals surface area (Å²) >= 11 is 0. The quantitative estimate of drug-likeness (QED) is 0.914. The van der Waals surface area contributed by atoms with Gasteiger partial charge in [0.15, 0.2) is 0 Å². The van der Waals surface area contributed by atoms with Crippen LogP contribution in [0.2, 0.25) is 0 Å². The first-order chi connectivity index (χ1) is 10.00. The van der Waals surface area contributed by atoms with E-state index in [1.165, 1.54) is 0 Å². The highest BCUT2D eigenvalue weighted by Gasteiger charge is 2.34. The van der Waals surface area contributed by atoms with Gasteiger partial charge in [-0.25, -0.2) is 8.42 Å². The van der Waals surface area contributed by atoms with Crippen molar-refractivity contribution < 1.29 is 8.42 Å². The van der Waals surface area contributed by atoms with Crippen LogP contribution in [0.25, 0.3) is 0 Å². The Morgan fingerprint density at radius 2 is 2.05 bits per heavy atom. The first-order valence-electron chi connectivity index (χ1n) is 7.89. The van der Waals surface area contributed by atoms with Gasteiger partial charge in [0.25, 0.3) is 0 Å². The molecule has 0 radical (unpaired) electrons. The van der Waals surface area contributed by atoms with E-state index in [1.54, 1.807) is 10.4 Å². The molecule has 2 heterocycles. The Hall–Kier alpha value is -1.07. The molecule has 2 aliphatic rings. The van der Waals surface area contributed by atoms with Gasteiger partial charge in [0.05, 0.1) is 4.90 Å². The molecular formula is C16H24N2O2S. The largest absolute Gasteiger partial charge is 0.385 e. The Balaban J connectivity index is 1.94. The van der Waals surface area contributed by atoms with Gasteiger partial charge in [0.1, 0.15) is 0 Å². The third-order valence-electron chi connectivity index (χ3n) is 4.94. The maximum Gasteiger partial charge on any atom is 0.243 e. The first-order valence-corrected chi connectivity index (χ1v) is 9.33. The lowest BCUT2D eigenvalue weighted by Crippen LogP contribution is -2.45. The summed E-state index contributed by atoms with van der Waals surface area (Å²) in [6, 6.07) is 5.61. The fourth-order valence-electron chi connectivity index (χ4n) is 3.38. The van der Waals surface area contributed by atoms with E-state index >= 15 is 0 Å². The number of aryl methyl sites for hydroxylation is 1. The van der Waals surface area contributed by atoms with Gasteiger partial charge in [-0.3, -0.25) is 0 Å². The number of piperidine rings is 1. The standard InChI is InChI=1S/C16H24N2O2S/c1-12-5-4-10-18(13(12)2)21(19,20)15-7-8-16-14(11-15)6-3-9-17-16/h7-8,11-13,17H,3-6,9-10H2,1-2H3. The number of sulfonamides is 1. The summed E-state index contributed by atoms with van der Waals surface area (Å²) in [5, 5.41) is 3.33. The van der Waals surface area contributed by atoms with Gasteiger partial charge in [-0.2, -0.15) is 4.31 Å². The highest BCUT2D eigenvalue weighted by Crippen LogP contribution is 2.31. The minimum Gasteiger partial charge on any atom is -0.385 e. The van der Waals surface area contributed by atoms with E-state index in [2.05, 4.69) is 12.2 Å². The first kappa shape index (κ1) is 14.9. The number of fused-ring (bicyclic) bond motifs is 1. The normalized spacial score (nSPS) is 27.0. The zero-order valence-corrected chi connectivity index (χ0v) is 13.6. The molecule has 0 spiro atoms. The lowest BCUT2D eigenvalue weighted by molar-refractivity contribution is 0.202. The molecule has 3 rings (SSSR count). The summed E-state index contributed by atoms with van der Waals surface area (Å²) in [6.45, 7) is 5.79. The Labute approximate surface area is 127 Å². The minimum absolute atomic E-state index is 0.0814. The summed E-state index contributed by atoms with van der Waals surface area (Å²) in [6.07, 6.45) is 4.09. The van der Waals surface area contributed by atoms with E-state index in [9.17, 15) is 8.42 Å². The summed E-state index contributed by atoms with van der Waals surface area (Å²) in [5.41, 5.74) is 2.21. The van der Waals surface area contributed by atoms with Crippen LogP contribution in [0.1, 0.15) is 38.7 Å². The Morgan fingerprint density at radius 3 is 2.86 bits per heavy atom. The maximum atomic E-state index is 12.9. The number of hydrogen-bond donors (Lipinski definition) is 1. The highest BCUT2D eigenvalue weighted by molar-refractivity contribution is 7.89. The molecule has 1 aromatic rings. The average molecular weight is 308 g/mol. The van der Waals surface area contributed by atoms with E-state index < -0.39 is 10.0 Å². The molecule has 2 atom stereocenters. The molecule has 0 aliphatic carbocycles. The van der Waals surface area contributed by atoms with Crippen molar-refractivity contribution in [3.05, 3.63) is 23.8 Å². The molecule has 1 fully saturated rings. The Morgan fingerprint density at radius 1 is 1.24 bits per heavy atom. The van der Waals surface area contributed by atoms with Crippen LogP contribution < -0.4 is 5.32 Å². The van der Waals surface area contributed by atoms with Crippen LogP contribution in [-0.4, -0.2) is 31.9 Å². The van der Waals surface area contributed by atoms with Gasteiger partial charge in [0.2, 0.25) is 10.0 Å². The predicted octanol–water partition coefficient (Wildman–Crippen LogP) is 2.85. The molecular weight excluding hydrogens is 284 g/mol. The van der Waals surface area contributed by atoms with Crippen LogP contribution in [0.5, 0.6) is 0 Å². The molecule has 0 saturated carbocycles. The topological polar surface area (TPSA) is 49.4 Å². The summed E-state index contributed by atoms with van der Waals surface area (Å²) in [4.78, 5) is 0.450. The van der Waals surface area contributed by atoms with Crippen LogP contribution in [0.4, 0.5) is 5.69 Å². The van der Waals surface area contributed by atoms with Crippen LogP contribution in [0.15, 0.2) is 23.1 Å². The Kier molecular flexibility index (Phi) is 3.97. The molecule has 5 heteroatoms. The van der Waals surface area contributed by atoms with Crippen LogP contribution in [0.3, 0.4) is 0 Å². The fraction of sp³-hybridized carbons (Fsp3) is 0.625. The molecule has 21 heavy (non-hydrogen) atoms. The van der Waals surface area contributed by atoms with E-state index in [0.29, 0.717) is 17.4 Å². The van der Waals surface area contributed by atoms with Crippen molar-refractivity contribution in [2.45, 2.75) is 50.5 Å². The molecule has 2 unspecified atom stereocenters. The zero-order chi connectivity index (χ0) is 15.0. The van der Waals surface area contributed by atoms with Crippen molar-refractivity contribution in [2.24, 2.45) is 5.92 Å². The van der Waals surface area contributed by atoms with Gasteiger partial charge in [0, 0.05) is 24.8 Å². The smallest absolute Gasteiger partial charge is 0.243 e. The van der Waals surface area contributed by atoms with Gasteiger partial charge in [-0.1, -0.05) is 6.92 Å². The number of benzene rings is 1. The highest BCUT2D eigenvalue weighted by atomic mass is 32.2. The molecule has 1 saturated heterocycles. The molecule has 1 N–H and O–H groups in total. The van der Waals surface area contributed by atoms with Crippen molar-refractivity contribution in [1.82, 2.24) is 4.31 Å². The third-order valence-corrected chi connectivity index (χ3v) is 6.92. The third kappa shape index (κ3) is 2.69. The molecule has 0 aromatic heterocycles. The second-order valence-electron chi connectivity index (χ2n) is 6.33. The van der Waals surface area contributed by atoms with E-state index in [-0.39, 0.29) is 6.04 Å². The Bertz CT molecular complexity index is 627. The summed E-state index contributed by atoms with van der Waals surface area (Å²) in [5.74, 6) is 0.424. The summed E-state index contributed by atoms with van der Waals surface area (Å²) in [7, 11) is -3.37. The van der Waals surface area contributed by atoms with E-state index in [4.69, 9.17) is 0 Å². The molecule has 2 aliphatic heterocycles. The van der Waals surface area contributed by atoms with Crippen LogP contribution >= 0.6 is 0 Å². The molecule has 0 bridgehead atoms. The number of nitrogens with zero attached hydrogens (tertiary/aromatic N) is 1. The summed E-state index contributed by atoms with van der Waals surface area (Å²) < 4.78 is 27.6. The monoisotopic (exact) mass is 308 g/mol. The van der Waals surface area contributed by atoms with Crippen molar-refractivity contribution in [3.8, 4) is 0 Å². The number of rotatable bonds is 2. The number of hydrogen-bond acceptors (Lipinski definition) is 3.